The Labute approximate surface area is 153 Å². The van der Waals surface area contributed by atoms with Crippen LogP contribution < -0.4 is 16.6 Å². The molecule has 0 amide bonds. The normalized spacial score (nSPS) is 12.1. The number of nitrogens with zero attached hydrogens (tertiary/aromatic N) is 2. The van der Waals surface area contributed by atoms with Gasteiger partial charge in [-0.3, -0.25) is 14.8 Å². The Morgan fingerprint density at radius 1 is 0.852 bits per heavy atom. The fourth-order valence-corrected chi connectivity index (χ4v) is 3.28. The van der Waals surface area contributed by atoms with Crippen molar-refractivity contribution in [3.05, 3.63) is 93.1 Å². The highest BCUT2D eigenvalue weighted by Crippen LogP contribution is 2.34. The second kappa shape index (κ2) is 5.81. The summed E-state index contributed by atoms with van der Waals surface area (Å²) in [6, 6.07) is 20.7. The number of aromatic nitrogens is 2. The zero-order valence-corrected chi connectivity index (χ0v) is 14.1. The van der Waals surface area contributed by atoms with Gasteiger partial charge in [-0.1, -0.05) is 42.5 Å². The van der Waals surface area contributed by atoms with Crippen LogP contribution in [-0.4, -0.2) is 15.8 Å². The lowest BCUT2D eigenvalue weighted by atomic mass is 10.1. The third-order valence-corrected chi connectivity index (χ3v) is 4.61. The molecular weight excluding hydrogens is 340 g/mol. The molecular formula is C21H14N4O2. The van der Waals surface area contributed by atoms with Crippen LogP contribution in [0.5, 0.6) is 0 Å². The van der Waals surface area contributed by atoms with Crippen LogP contribution in [0.3, 0.4) is 0 Å². The summed E-state index contributed by atoms with van der Waals surface area (Å²) < 4.78 is 1.11. The Balaban J connectivity index is 1.73. The predicted molar refractivity (Wildman–Crippen MR) is 107 cm³/mol. The Kier molecular flexibility index (Phi) is 3.30. The molecule has 0 aliphatic carbocycles. The van der Waals surface area contributed by atoms with E-state index in [4.69, 9.17) is 0 Å². The number of rotatable bonds is 1. The number of fused-ring (bicyclic) bond motifs is 3. The fraction of sp³-hybridized carbons (Fsp3) is 0. The molecule has 5 rings (SSSR count). The molecule has 1 aliphatic rings. The number of aliphatic imine (C=N–C) groups is 1. The highest BCUT2D eigenvalue weighted by Gasteiger charge is 2.18. The summed E-state index contributed by atoms with van der Waals surface area (Å²) in [6.45, 7) is 0. The summed E-state index contributed by atoms with van der Waals surface area (Å²) >= 11 is 0. The first-order valence-electron chi connectivity index (χ1n) is 8.49. The van der Waals surface area contributed by atoms with Gasteiger partial charge in [0, 0.05) is 6.21 Å². The molecule has 2 N–H and O–H groups in total. The average Bonchev–Trinajstić information content (AvgIpc) is 2.86. The van der Waals surface area contributed by atoms with Crippen molar-refractivity contribution in [2.45, 2.75) is 0 Å². The van der Waals surface area contributed by atoms with Gasteiger partial charge in [0.15, 0.2) is 0 Å². The molecule has 2 heterocycles. The molecule has 0 bridgehead atoms. The minimum atomic E-state index is -0.505. The van der Waals surface area contributed by atoms with Gasteiger partial charge in [-0.25, -0.2) is 9.36 Å². The first-order chi connectivity index (χ1) is 13.2. The lowest BCUT2D eigenvalue weighted by Crippen LogP contribution is -2.36. The maximum atomic E-state index is 13.0. The van der Waals surface area contributed by atoms with Gasteiger partial charge >= 0.3 is 5.69 Å². The number of aromatic amines is 1. The second-order valence-corrected chi connectivity index (χ2v) is 6.29. The van der Waals surface area contributed by atoms with E-state index < -0.39 is 11.2 Å². The zero-order valence-electron chi connectivity index (χ0n) is 14.1. The van der Waals surface area contributed by atoms with Crippen molar-refractivity contribution in [2.24, 2.45) is 4.99 Å². The quantitative estimate of drug-likeness (QED) is 0.484. The standard InChI is InChI=1S/C21H14N4O2/c26-20-16-12-22-17-10-13-6-4-5-7-14(13)11-18(17)23-19(16)24-21(27)25(20)15-8-2-1-3-9-15/h1-12,23H,(H,24,27). The van der Waals surface area contributed by atoms with Gasteiger partial charge in [0.05, 0.1) is 22.6 Å². The summed E-state index contributed by atoms with van der Waals surface area (Å²) in [5, 5.41) is 5.26. The molecule has 1 aromatic heterocycles. The van der Waals surface area contributed by atoms with Crippen LogP contribution in [0.25, 0.3) is 16.5 Å². The molecule has 1 aliphatic heterocycles. The van der Waals surface area contributed by atoms with Crippen LogP contribution in [-0.2, 0) is 0 Å². The molecule has 0 saturated carbocycles. The SMILES string of the molecule is O=c1[nH]c2c(c(=O)n1-c1ccccc1)C=Nc1cc3ccccc3cc1N2. The van der Waals surface area contributed by atoms with Gasteiger partial charge in [-0.15, -0.1) is 0 Å². The van der Waals surface area contributed by atoms with Gasteiger partial charge < -0.3 is 5.32 Å². The largest absolute Gasteiger partial charge is 0.339 e. The van der Waals surface area contributed by atoms with Crippen molar-refractivity contribution in [3.63, 3.8) is 0 Å². The van der Waals surface area contributed by atoms with Crippen molar-refractivity contribution in [1.29, 1.82) is 0 Å². The van der Waals surface area contributed by atoms with Gasteiger partial charge in [-0.2, -0.15) is 0 Å². The fourth-order valence-electron chi connectivity index (χ4n) is 3.28. The molecule has 0 spiro atoms. The molecule has 27 heavy (non-hydrogen) atoms. The highest BCUT2D eigenvalue weighted by atomic mass is 16.2. The highest BCUT2D eigenvalue weighted by molar-refractivity contribution is 5.98. The van der Waals surface area contributed by atoms with E-state index in [0.717, 1.165) is 21.0 Å². The molecule has 0 atom stereocenters. The van der Waals surface area contributed by atoms with E-state index in [1.165, 1.54) is 6.21 Å². The molecule has 130 valence electrons. The van der Waals surface area contributed by atoms with E-state index >= 15 is 0 Å². The summed E-state index contributed by atoms with van der Waals surface area (Å²) in [5.41, 5.74) is 1.32. The number of H-pyrrole nitrogens is 1. The number of benzene rings is 3. The Morgan fingerprint density at radius 3 is 2.33 bits per heavy atom. The molecule has 6 nitrogen and oxygen atoms in total. The Morgan fingerprint density at radius 2 is 1.56 bits per heavy atom. The number of nitrogens with one attached hydrogen (secondary N) is 2. The van der Waals surface area contributed by atoms with Crippen molar-refractivity contribution >= 4 is 34.2 Å². The van der Waals surface area contributed by atoms with E-state index in [-0.39, 0.29) is 0 Å². The number of hydrogen-bond donors (Lipinski definition) is 2. The summed E-state index contributed by atoms with van der Waals surface area (Å²) in [6.07, 6.45) is 1.50. The molecule has 4 aromatic rings. The van der Waals surface area contributed by atoms with Crippen molar-refractivity contribution in [3.8, 4) is 5.69 Å². The van der Waals surface area contributed by atoms with Crippen LogP contribution in [0.15, 0.2) is 81.3 Å². The summed E-state index contributed by atoms with van der Waals surface area (Å²) in [4.78, 5) is 32.8. The van der Waals surface area contributed by atoms with Crippen molar-refractivity contribution < 1.29 is 0 Å². The summed E-state index contributed by atoms with van der Waals surface area (Å²) in [5.74, 6) is 0.343. The molecule has 0 fully saturated rings. The van der Waals surface area contributed by atoms with Crippen molar-refractivity contribution in [2.75, 3.05) is 5.32 Å². The lowest BCUT2D eigenvalue weighted by Gasteiger charge is -2.11. The Hall–Kier alpha value is -3.93. The third-order valence-electron chi connectivity index (χ3n) is 4.61. The topological polar surface area (TPSA) is 79.2 Å². The number of para-hydroxylation sites is 1. The smallest absolute Gasteiger partial charge is 0.334 e. The van der Waals surface area contributed by atoms with Gasteiger partial charge in [0.1, 0.15) is 5.82 Å². The van der Waals surface area contributed by atoms with E-state index in [2.05, 4.69) is 15.3 Å². The van der Waals surface area contributed by atoms with Gasteiger partial charge in [0.2, 0.25) is 0 Å². The zero-order chi connectivity index (χ0) is 18.4. The van der Waals surface area contributed by atoms with Gasteiger partial charge in [-0.05, 0) is 35.0 Å². The molecule has 0 unspecified atom stereocenters. The Bertz CT molecular complexity index is 1330. The van der Waals surface area contributed by atoms with Crippen LogP contribution >= 0.6 is 0 Å². The number of hydrogen-bond acceptors (Lipinski definition) is 4. The predicted octanol–water partition coefficient (Wildman–Crippen LogP) is 3.49. The van der Waals surface area contributed by atoms with E-state index in [9.17, 15) is 9.59 Å². The van der Waals surface area contributed by atoms with Crippen LogP contribution in [0.4, 0.5) is 17.2 Å². The molecule has 0 radical (unpaired) electrons. The third kappa shape index (κ3) is 2.46. The summed E-state index contributed by atoms with van der Waals surface area (Å²) in [7, 11) is 0. The molecule has 0 saturated heterocycles. The monoisotopic (exact) mass is 354 g/mol. The van der Waals surface area contributed by atoms with E-state index in [1.54, 1.807) is 24.3 Å². The average molecular weight is 354 g/mol. The molecule has 6 heteroatoms. The van der Waals surface area contributed by atoms with E-state index in [1.807, 2.05) is 42.5 Å². The first-order valence-corrected chi connectivity index (χ1v) is 8.49. The van der Waals surface area contributed by atoms with Crippen LogP contribution in [0.2, 0.25) is 0 Å². The minimum Gasteiger partial charge on any atom is -0.339 e. The number of anilines is 2. The van der Waals surface area contributed by atoms with E-state index in [0.29, 0.717) is 22.8 Å². The van der Waals surface area contributed by atoms with Crippen LogP contribution in [0, 0.1) is 0 Å². The molecule has 3 aromatic carbocycles. The van der Waals surface area contributed by atoms with Crippen LogP contribution in [0.1, 0.15) is 5.56 Å². The maximum Gasteiger partial charge on any atom is 0.334 e. The van der Waals surface area contributed by atoms with Crippen molar-refractivity contribution in [1.82, 2.24) is 9.55 Å². The minimum absolute atomic E-state index is 0.304. The van der Waals surface area contributed by atoms with Gasteiger partial charge in [0.25, 0.3) is 5.56 Å². The second-order valence-electron chi connectivity index (χ2n) is 6.29. The maximum absolute atomic E-state index is 13.0. The first kappa shape index (κ1) is 15.3. The lowest BCUT2D eigenvalue weighted by molar-refractivity contribution is 0.877.